The third-order valence-corrected chi connectivity index (χ3v) is 4.45. The fourth-order valence-corrected chi connectivity index (χ4v) is 3.37. The Bertz CT molecular complexity index is 398. The molecular formula is C15H25N3O. The van der Waals surface area contributed by atoms with Gasteiger partial charge in [0.25, 0.3) is 0 Å². The first-order valence-electron chi connectivity index (χ1n) is 7.59. The van der Waals surface area contributed by atoms with Crippen molar-refractivity contribution < 1.29 is 4.42 Å². The number of nitrogens with two attached hydrogens (primary N) is 1. The first-order chi connectivity index (χ1) is 9.35. The first-order valence-corrected chi connectivity index (χ1v) is 7.59. The van der Waals surface area contributed by atoms with E-state index in [4.69, 9.17) is 10.2 Å². The Morgan fingerprint density at radius 3 is 2.63 bits per heavy atom. The van der Waals surface area contributed by atoms with Gasteiger partial charge < -0.3 is 10.2 Å². The average molecular weight is 263 g/mol. The molecular weight excluding hydrogens is 238 g/mol. The van der Waals surface area contributed by atoms with Crippen LogP contribution in [-0.2, 0) is 13.1 Å². The van der Waals surface area contributed by atoms with Crippen molar-refractivity contribution in [2.24, 2.45) is 5.73 Å². The van der Waals surface area contributed by atoms with Crippen LogP contribution in [0.1, 0.15) is 37.2 Å². The molecule has 4 heteroatoms. The lowest BCUT2D eigenvalue weighted by atomic mass is 10.1. The summed E-state index contributed by atoms with van der Waals surface area (Å²) in [4.78, 5) is 5.20. The Hall–Kier alpha value is -0.840. The van der Waals surface area contributed by atoms with Crippen LogP contribution in [0.5, 0.6) is 0 Å². The zero-order chi connectivity index (χ0) is 13.1. The third kappa shape index (κ3) is 3.19. The van der Waals surface area contributed by atoms with Crippen LogP contribution in [0, 0.1) is 0 Å². The quantitative estimate of drug-likeness (QED) is 0.900. The smallest absolute Gasteiger partial charge is 0.118 e. The van der Waals surface area contributed by atoms with Crippen LogP contribution in [0.3, 0.4) is 0 Å². The summed E-state index contributed by atoms with van der Waals surface area (Å²) in [5, 5.41) is 0. The topological polar surface area (TPSA) is 45.6 Å². The largest absolute Gasteiger partial charge is 0.463 e. The van der Waals surface area contributed by atoms with E-state index in [9.17, 15) is 0 Å². The average Bonchev–Trinajstić information content (AvgIpc) is 3.09. The normalized spacial score (nSPS) is 26.1. The highest BCUT2D eigenvalue weighted by Gasteiger charge is 2.28. The van der Waals surface area contributed by atoms with E-state index in [0.29, 0.717) is 6.54 Å². The van der Waals surface area contributed by atoms with Crippen molar-refractivity contribution in [1.82, 2.24) is 9.80 Å². The van der Waals surface area contributed by atoms with E-state index >= 15 is 0 Å². The third-order valence-electron chi connectivity index (χ3n) is 4.45. The SMILES string of the molecule is NCc1ccc(CN2CCC(N3CCCCC3)C2)o1. The highest BCUT2D eigenvalue weighted by Crippen LogP contribution is 2.22. The Labute approximate surface area is 115 Å². The minimum absolute atomic E-state index is 0.496. The van der Waals surface area contributed by atoms with Crippen LogP contribution in [-0.4, -0.2) is 42.0 Å². The maximum atomic E-state index is 5.70. The fourth-order valence-electron chi connectivity index (χ4n) is 3.37. The number of piperidine rings is 1. The molecule has 0 aliphatic carbocycles. The molecule has 19 heavy (non-hydrogen) atoms. The van der Waals surface area contributed by atoms with Crippen molar-refractivity contribution in [3.8, 4) is 0 Å². The molecule has 3 rings (SSSR count). The molecule has 2 saturated heterocycles. The van der Waals surface area contributed by atoms with Crippen LogP contribution in [0.4, 0.5) is 0 Å². The lowest BCUT2D eigenvalue weighted by molar-refractivity contribution is 0.159. The lowest BCUT2D eigenvalue weighted by Gasteiger charge is -2.32. The Morgan fingerprint density at radius 2 is 1.89 bits per heavy atom. The van der Waals surface area contributed by atoms with Crippen LogP contribution < -0.4 is 5.73 Å². The summed E-state index contributed by atoms with van der Waals surface area (Å²) in [7, 11) is 0. The lowest BCUT2D eigenvalue weighted by Crippen LogP contribution is -2.40. The van der Waals surface area contributed by atoms with Gasteiger partial charge in [0, 0.05) is 19.1 Å². The highest BCUT2D eigenvalue weighted by atomic mass is 16.3. The molecule has 0 amide bonds. The maximum Gasteiger partial charge on any atom is 0.118 e. The minimum Gasteiger partial charge on any atom is -0.463 e. The Balaban J connectivity index is 1.51. The second-order valence-corrected chi connectivity index (χ2v) is 5.85. The van der Waals surface area contributed by atoms with Crippen LogP contribution >= 0.6 is 0 Å². The van der Waals surface area contributed by atoms with E-state index in [2.05, 4.69) is 15.9 Å². The van der Waals surface area contributed by atoms with E-state index in [1.54, 1.807) is 0 Å². The first kappa shape index (κ1) is 13.2. The van der Waals surface area contributed by atoms with Gasteiger partial charge in [-0.25, -0.2) is 0 Å². The monoisotopic (exact) mass is 263 g/mol. The maximum absolute atomic E-state index is 5.70. The van der Waals surface area contributed by atoms with Gasteiger partial charge in [-0.1, -0.05) is 6.42 Å². The van der Waals surface area contributed by atoms with Gasteiger partial charge in [-0.2, -0.15) is 0 Å². The van der Waals surface area contributed by atoms with Gasteiger partial charge in [0.2, 0.25) is 0 Å². The summed E-state index contributed by atoms with van der Waals surface area (Å²) in [6, 6.07) is 4.83. The van der Waals surface area contributed by atoms with Gasteiger partial charge in [0.15, 0.2) is 0 Å². The predicted molar refractivity (Wildman–Crippen MR) is 75.7 cm³/mol. The highest BCUT2D eigenvalue weighted by molar-refractivity contribution is 5.07. The molecule has 2 N–H and O–H groups in total. The summed E-state index contributed by atoms with van der Waals surface area (Å²) in [5.41, 5.74) is 5.58. The van der Waals surface area contributed by atoms with Gasteiger partial charge in [-0.3, -0.25) is 9.80 Å². The molecule has 106 valence electrons. The Morgan fingerprint density at radius 1 is 1.11 bits per heavy atom. The Kier molecular flexibility index (Phi) is 4.21. The van der Waals surface area contributed by atoms with Crippen molar-refractivity contribution in [1.29, 1.82) is 0 Å². The standard InChI is InChI=1S/C15H25N3O/c16-10-14-4-5-15(19-14)12-17-9-6-13(11-17)18-7-2-1-3-8-18/h4-5,13H,1-3,6-12,16H2. The molecule has 2 aliphatic heterocycles. The molecule has 0 bridgehead atoms. The molecule has 1 unspecified atom stereocenters. The molecule has 1 aromatic rings. The van der Waals surface area contributed by atoms with E-state index in [1.807, 2.05) is 6.07 Å². The number of furan rings is 1. The molecule has 2 aliphatic rings. The summed E-state index contributed by atoms with van der Waals surface area (Å²) in [5.74, 6) is 1.95. The van der Waals surface area contributed by atoms with E-state index in [0.717, 1.165) is 24.1 Å². The molecule has 1 aromatic heterocycles. The summed E-state index contributed by atoms with van der Waals surface area (Å²) in [6.45, 7) is 6.42. The fraction of sp³-hybridized carbons (Fsp3) is 0.733. The van der Waals surface area contributed by atoms with Gasteiger partial charge in [-0.05, 0) is 44.5 Å². The number of rotatable bonds is 4. The van der Waals surface area contributed by atoms with Gasteiger partial charge in [0.1, 0.15) is 11.5 Å². The van der Waals surface area contributed by atoms with Crippen molar-refractivity contribution in [3.63, 3.8) is 0 Å². The van der Waals surface area contributed by atoms with Gasteiger partial charge in [-0.15, -0.1) is 0 Å². The number of hydrogen-bond acceptors (Lipinski definition) is 4. The second-order valence-electron chi connectivity index (χ2n) is 5.85. The summed E-state index contributed by atoms with van der Waals surface area (Å²) in [6.07, 6.45) is 5.49. The zero-order valence-corrected chi connectivity index (χ0v) is 11.7. The number of hydrogen-bond donors (Lipinski definition) is 1. The van der Waals surface area contributed by atoms with Crippen LogP contribution in [0.2, 0.25) is 0 Å². The molecule has 1 atom stereocenters. The summed E-state index contributed by atoms with van der Waals surface area (Å²) >= 11 is 0. The van der Waals surface area contributed by atoms with Crippen molar-refractivity contribution in [2.45, 2.75) is 44.8 Å². The molecule has 0 saturated carbocycles. The molecule has 0 radical (unpaired) electrons. The minimum atomic E-state index is 0.496. The zero-order valence-electron chi connectivity index (χ0n) is 11.7. The van der Waals surface area contributed by atoms with Gasteiger partial charge >= 0.3 is 0 Å². The molecule has 4 nitrogen and oxygen atoms in total. The predicted octanol–water partition coefficient (Wildman–Crippen LogP) is 1.80. The van der Waals surface area contributed by atoms with Crippen molar-refractivity contribution in [3.05, 3.63) is 23.7 Å². The van der Waals surface area contributed by atoms with E-state index in [1.165, 1.54) is 51.9 Å². The summed E-state index contributed by atoms with van der Waals surface area (Å²) < 4.78 is 5.70. The van der Waals surface area contributed by atoms with Crippen LogP contribution in [0.25, 0.3) is 0 Å². The molecule has 3 heterocycles. The van der Waals surface area contributed by atoms with Crippen LogP contribution in [0.15, 0.2) is 16.5 Å². The van der Waals surface area contributed by atoms with E-state index in [-0.39, 0.29) is 0 Å². The number of likely N-dealkylation sites (tertiary alicyclic amines) is 2. The molecule has 2 fully saturated rings. The molecule has 0 spiro atoms. The van der Waals surface area contributed by atoms with Crippen molar-refractivity contribution >= 4 is 0 Å². The number of nitrogens with zero attached hydrogens (tertiary/aromatic N) is 2. The van der Waals surface area contributed by atoms with Gasteiger partial charge in [0.05, 0.1) is 13.1 Å². The second kappa shape index (κ2) is 6.07. The molecule has 0 aromatic carbocycles. The van der Waals surface area contributed by atoms with E-state index < -0.39 is 0 Å². The van der Waals surface area contributed by atoms with Crippen molar-refractivity contribution in [2.75, 3.05) is 26.2 Å².